The Morgan fingerprint density at radius 3 is 2.53 bits per heavy atom. The van der Waals surface area contributed by atoms with E-state index in [1.54, 1.807) is 38.5 Å². The van der Waals surface area contributed by atoms with Crippen LogP contribution in [-0.2, 0) is 9.84 Å². The maximum Gasteiger partial charge on any atom is 0.156 e. The molecule has 32 heavy (non-hydrogen) atoms. The number of aromatic nitrogens is 4. The summed E-state index contributed by atoms with van der Waals surface area (Å²) in [6.07, 6.45) is 6.67. The van der Waals surface area contributed by atoms with Gasteiger partial charge in [0.2, 0.25) is 0 Å². The fourth-order valence-electron chi connectivity index (χ4n) is 4.60. The maximum absolute atomic E-state index is 12.6. The molecule has 0 atom stereocenters. The summed E-state index contributed by atoms with van der Waals surface area (Å²) in [6, 6.07) is 7.78. The molecular formula is C23H26N6O2S. The number of sulfone groups is 1. The van der Waals surface area contributed by atoms with Crippen molar-refractivity contribution in [2.45, 2.75) is 55.9 Å². The zero-order chi connectivity index (χ0) is 22.5. The number of pyridine rings is 1. The van der Waals surface area contributed by atoms with Gasteiger partial charge in [0, 0.05) is 19.3 Å². The lowest BCUT2D eigenvalue weighted by Crippen LogP contribution is -2.42. The van der Waals surface area contributed by atoms with Gasteiger partial charge < -0.3 is 4.90 Å². The zero-order valence-corrected chi connectivity index (χ0v) is 19.1. The Balaban J connectivity index is 1.54. The largest absolute Gasteiger partial charge is 0.355 e. The minimum absolute atomic E-state index is 0.292. The Hall–Kier alpha value is -2.99. The zero-order valence-electron chi connectivity index (χ0n) is 18.3. The Bertz CT molecular complexity index is 1310. The molecule has 1 aliphatic carbocycles. The van der Waals surface area contributed by atoms with Crippen molar-refractivity contribution in [3.8, 4) is 17.5 Å². The average Bonchev–Trinajstić information content (AvgIpc) is 3.58. The molecule has 0 radical (unpaired) electrons. The third-order valence-corrected chi connectivity index (χ3v) is 9.31. The Morgan fingerprint density at radius 2 is 1.88 bits per heavy atom. The quantitative estimate of drug-likeness (QED) is 0.587. The molecular weight excluding hydrogens is 424 g/mol. The Kier molecular flexibility index (Phi) is 5.13. The smallest absolute Gasteiger partial charge is 0.156 e. The summed E-state index contributed by atoms with van der Waals surface area (Å²) in [5.74, 6) is 1.33. The van der Waals surface area contributed by atoms with E-state index in [0.29, 0.717) is 43.1 Å². The van der Waals surface area contributed by atoms with Gasteiger partial charge in [-0.2, -0.15) is 10.4 Å². The lowest BCUT2D eigenvalue weighted by Gasteiger charge is -2.33. The first kappa shape index (κ1) is 20.9. The maximum atomic E-state index is 12.6. The van der Waals surface area contributed by atoms with Gasteiger partial charge in [0.25, 0.3) is 0 Å². The normalized spacial score (nSPS) is 17.8. The number of piperidine rings is 1. The van der Waals surface area contributed by atoms with Crippen molar-refractivity contribution in [3.63, 3.8) is 0 Å². The summed E-state index contributed by atoms with van der Waals surface area (Å²) in [7, 11) is -3.10. The lowest BCUT2D eigenvalue weighted by atomic mass is 10.1. The molecule has 3 aromatic rings. The summed E-state index contributed by atoms with van der Waals surface area (Å²) in [4.78, 5) is 11.3. The number of anilines is 1. The van der Waals surface area contributed by atoms with Crippen molar-refractivity contribution in [1.82, 2.24) is 19.6 Å². The molecule has 0 N–H and O–H groups in total. The lowest BCUT2D eigenvalue weighted by molar-refractivity contribution is 0.522. The van der Waals surface area contributed by atoms with E-state index in [1.165, 1.54) is 5.56 Å². The van der Waals surface area contributed by atoms with Crippen LogP contribution in [0.2, 0.25) is 0 Å². The molecule has 4 heterocycles. The minimum Gasteiger partial charge on any atom is -0.355 e. The third kappa shape index (κ3) is 3.52. The number of nitrogens with zero attached hydrogens (tertiary/aromatic N) is 6. The van der Waals surface area contributed by atoms with Gasteiger partial charge in [-0.15, -0.1) is 0 Å². The van der Waals surface area contributed by atoms with E-state index in [2.05, 4.69) is 32.1 Å². The first-order valence-corrected chi connectivity index (χ1v) is 12.7. The highest BCUT2D eigenvalue weighted by molar-refractivity contribution is 7.92. The van der Waals surface area contributed by atoms with E-state index >= 15 is 0 Å². The Morgan fingerprint density at radius 1 is 1.12 bits per heavy atom. The van der Waals surface area contributed by atoms with E-state index in [1.807, 2.05) is 4.52 Å². The number of hydrogen-bond donors (Lipinski definition) is 0. The minimum atomic E-state index is -3.10. The predicted octanol–water partition coefficient (Wildman–Crippen LogP) is 3.33. The molecule has 0 bridgehead atoms. The van der Waals surface area contributed by atoms with Gasteiger partial charge in [0.1, 0.15) is 11.8 Å². The third-order valence-electron chi connectivity index (χ3n) is 6.60. The monoisotopic (exact) mass is 450 g/mol. The van der Waals surface area contributed by atoms with Crippen LogP contribution >= 0.6 is 0 Å². The highest BCUT2D eigenvalue weighted by atomic mass is 32.2. The number of fused-ring (bicyclic) bond motifs is 1. The highest BCUT2D eigenvalue weighted by Crippen LogP contribution is 2.46. The highest BCUT2D eigenvalue weighted by Gasteiger charge is 2.35. The van der Waals surface area contributed by atoms with Crippen molar-refractivity contribution in [2.24, 2.45) is 0 Å². The molecule has 0 aromatic carbocycles. The summed E-state index contributed by atoms with van der Waals surface area (Å²) >= 11 is 0. The molecule has 9 heteroatoms. The predicted molar refractivity (Wildman–Crippen MR) is 122 cm³/mol. The molecule has 2 aliphatic rings. The van der Waals surface area contributed by atoms with Crippen molar-refractivity contribution >= 4 is 21.2 Å². The molecule has 0 spiro atoms. The number of nitriles is 1. The van der Waals surface area contributed by atoms with Gasteiger partial charge in [-0.05, 0) is 69.2 Å². The standard InChI is InChI=1S/C23H26N6O2S/c1-15(2)32(30,31)18-6-9-28(10-7-18)23-22-19(17-3-4-17)12-21(29(22)27-14-26-23)20-11-16(13-24)5-8-25-20/h5,8,11-12,14-15,17-18H,3-4,6-7,9-10H2,1-2H3. The van der Waals surface area contributed by atoms with Crippen LogP contribution in [0.25, 0.3) is 16.9 Å². The molecule has 1 saturated carbocycles. The number of rotatable bonds is 5. The fourth-order valence-corrected chi connectivity index (χ4v) is 6.23. The van der Waals surface area contributed by atoms with Crippen LogP contribution < -0.4 is 4.90 Å². The van der Waals surface area contributed by atoms with E-state index in [4.69, 9.17) is 0 Å². The van der Waals surface area contributed by atoms with Crippen LogP contribution in [0.3, 0.4) is 0 Å². The van der Waals surface area contributed by atoms with Gasteiger partial charge in [-0.25, -0.2) is 17.9 Å². The molecule has 2 fully saturated rings. The molecule has 3 aromatic heterocycles. The van der Waals surface area contributed by atoms with Crippen LogP contribution in [0, 0.1) is 11.3 Å². The molecule has 5 rings (SSSR count). The second kappa shape index (κ2) is 7.85. The molecule has 0 unspecified atom stereocenters. The second-order valence-corrected chi connectivity index (χ2v) is 11.8. The summed E-state index contributed by atoms with van der Waals surface area (Å²) in [5, 5.41) is 13.2. The fraction of sp³-hybridized carbons (Fsp3) is 0.478. The summed E-state index contributed by atoms with van der Waals surface area (Å²) in [5.41, 5.74) is 4.29. The van der Waals surface area contributed by atoms with Crippen LogP contribution in [-0.4, -0.2) is 51.6 Å². The summed E-state index contributed by atoms with van der Waals surface area (Å²) in [6.45, 7) is 4.82. The van der Waals surface area contributed by atoms with Gasteiger partial charge in [-0.1, -0.05) is 0 Å². The average molecular weight is 451 g/mol. The second-order valence-electron chi connectivity index (χ2n) is 8.97. The van der Waals surface area contributed by atoms with Gasteiger partial charge in [0.15, 0.2) is 15.7 Å². The topological polar surface area (TPSA) is 104 Å². The van der Waals surface area contributed by atoms with Crippen LogP contribution in [0.1, 0.15) is 56.6 Å². The van der Waals surface area contributed by atoms with Gasteiger partial charge in [0.05, 0.1) is 33.5 Å². The van der Waals surface area contributed by atoms with E-state index in [9.17, 15) is 13.7 Å². The van der Waals surface area contributed by atoms with Crippen LogP contribution in [0.4, 0.5) is 5.82 Å². The van der Waals surface area contributed by atoms with Crippen molar-refractivity contribution in [3.05, 3.63) is 41.9 Å². The Labute approximate surface area is 187 Å². The van der Waals surface area contributed by atoms with Crippen molar-refractivity contribution < 1.29 is 8.42 Å². The van der Waals surface area contributed by atoms with E-state index in [0.717, 1.165) is 29.9 Å². The molecule has 8 nitrogen and oxygen atoms in total. The van der Waals surface area contributed by atoms with Crippen LogP contribution in [0.15, 0.2) is 30.7 Å². The molecule has 0 amide bonds. The number of hydrogen-bond acceptors (Lipinski definition) is 7. The van der Waals surface area contributed by atoms with Crippen molar-refractivity contribution in [1.29, 1.82) is 5.26 Å². The summed E-state index contributed by atoms with van der Waals surface area (Å²) < 4.78 is 27.1. The first-order chi connectivity index (χ1) is 15.4. The van der Waals surface area contributed by atoms with E-state index < -0.39 is 9.84 Å². The molecule has 1 aliphatic heterocycles. The van der Waals surface area contributed by atoms with Gasteiger partial charge >= 0.3 is 0 Å². The molecule has 1 saturated heterocycles. The van der Waals surface area contributed by atoms with Gasteiger partial charge in [-0.3, -0.25) is 4.98 Å². The van der Waals surface area contributed by atoms with Crippen molar-refractivity contribution in [2.75, 3.05) is 18.0 Å². The first-order valence-electron chi connectivity index (χ1n) is 11.1. The SMILES string of the molecule is CC(C)S(=O)(=O)C1CCN(c2ncnn3c(-c4cc(C#N)ccn4)cc(C4CC4)c23)CC1. The molecule has 166 valence electrons. The van der Waals surface area contributed by atoms with E-state index in [-0.39, 0.29) is 10.5 Å². The van der Waals surface area contributed by atoms with Crippen LogP contribution in [0.5, 0.6) is 0 Å².